The van der Waals surface area contributed by atoms with Gasteiger partial charge in [0.15, 0.2) is 5.58 Å². The maximum Gasteiger partial charge on any atom is 0.417 e. The van der Waals surface area contributed by atoms with Crippen LogP contribution in [0.1, 0.15) is 4.88 Å². The maximum atomic E-state index is 11.1. The van der Waals surface area contributed by atoms with Crippen LogP contribution in [0.25, 0.3) is 11.1 Å². The summed E-state index contributed by atoms with van der Waals surface area (Å²) in [5.41, 5.74) is 7.34. The third kappa shape index (κ3) is 2.48. The number of thiophene rings is 1. The molecule has 3 aromatic rings. The summed E-state index contributed by atoms with van der Waals surface area (Å²) in [6.45, 7) is 0.540. The van der Waals surface area contributed by atoms with Crippen LogP contribution in [-0.2, 0) is 6.42 Å². The molecular formula is C13H12N2O3S. The lowest BCUT2D eigenvalue weighted by molar-refractivity contribution is 0.325. The van der Waals surface area contributed by atoms with Gasteiger partial charge in [-0.1, -0.05) is 6.07 Å². The molecule has 0 atom stereocenters. The number of hydrogen-bond donors (Lipinski definition) is 2. The number of nitrogens with two attached hydrogens (primary N) is 1. The molecule has 0 aliphatic rings. The van der Waals surface area contributed by atoms with Gasteiger partial charge < -0.3 is 14.9 Å². The quantitative estimate of drug-likeness (QED) is 0.717. The van der Waals surface area contributed by atoms with Gasteiger partial charge in [0, 0.05) is 23.4 Å². The number of aromatic amines is 1. The second-order valence-corrected chi connectivity index (χ2v) is 5.11. The first-order valence-electron chi connectivity index (χ1n) is 5.80. The molecular weight excluding hydrogens is 264 g/mol. The third-order valence-electron chi connectivity index (χ3n) is 2.74. The number of H-pyrrole nitrogens is 1. The molecule has 0 radical (unpaired) electrons. The number of anilines is 1. The van der Waals surface area contributed by atoms with Crippen molar-refractivity contribution in [2.75, 3.05) is 12.3 Å². The van der Waals surface area contributed by atoms with Crippen molar-refractivity contribution in [3.8, 4) is 5.75 Å². The van der Waals surface area contributed by atoms with E-state index in [4.69, 9.17) is 14.9 Å². The zero-order valence-corrected chi connectivity index (χ0v) is 10.8. The largest absolute Gasteiger partial charge is 0.491 e. The molecule has 0 unspecified atom stereocenters. The first kappa shape index (κ1) is 11.9. The average molecular weight is 276 g/mol. The van der Waals surface area contributed by atoms with E-state index in [9.17, 15) is 4.79 Å². The monoisotopic (exact) mass is 276 g/mol. The highest BCUT2D eigenvalue weighted by Crippen LogP contribution is 2.26. The van der Waals surface area contributed by atoms with E-state index in [1.54, 1.807) is 23.5 Å². The molecule has 5 nitrogen and oxygen atoms in total. The van der Waals surface area contributed by atoms with Crippen molar-refractivity contribution in [1.82, 2.24) is 4.98 Å². The van der Waals surface area contributed by atoms with E-state index in [1.165, 1.54) is 4.88 Å². The summed E-state index contributed by atoms with van der Waals surface area (Å²) >= 11 is 1.69. The van der Waals surface area contributed by atoms with Crippen molar-refractivity contribution in [3.05, 3.63) is 45.1 Å². The predicted octanol–water partition coefficient (Wildman–Crippen LogP) is 2.39. The number of oxazole rings is 1. The Kier molecular flexibility index (Phi) is 3.00. The Morgan fingerprint density at radius 3 is 3.11 bits per heavy atom. The summed E-state index contributed by atoms with van der Waals surface area (Å²) in [6, 6.07) is 7.35. The van der Waals surface area contributed by atoms with Gasteiger partial charge in [-0.3, -0.25) is 4.98 Å². The van der Waals surface area contributed by atoms with E-state index in [0.29, 0.717) is 29.1 Å². The fourth-order valence-corrected chi connectivity index (χ4v) is 2.52. The lowest BCUT2D eigenvalue weighted by Crippen LogP contribution is -2.02. The summed E-state index contributed by atoms with van der Waals surface area (Å²) in [6.07, 6.45) is 0.830. The number of nitrogen functional groups attached to an aromatic ring is 1. The molecule has 0 aliphatic heterocycles. The maximum absolute atomic E-state index is 11.1. The molecule has 3 N–H and O–H groups in total. The molecule has 98 valence electrons. The van der Waals surface area contributed by atoms with Crippen LogP contribution in [0.15, 0.2) is 38.9 Å². The molecule has 0 bridgehead atoms. The van der Waals surface area contributed by atoms with Crippen LogP contribution in [0.2, 0.25) is 0 Å². The van der Waals surface area contributed by atoms with E-state index in [2.05, 4.69) is 11.1 Å². The third-order valence-corrected chi connectivity index (χ3v) is 3.67. The van der Waals surface area contributed by atoms with Gasteiger partial charge in [0.05, 0.1) is 17.8 Å². The average Bonchev–Trinajstić information content (AvgIpc) is 2.98. The Balaban J connectivity index is 1.76. The van der Waals surface area contributed by atoms with Gasteiger partial charge in [-0.25, -0.2) is 4.79 Å². The second-order valence-electron chi connectivity index (χ2n) is 4.08. The van der Waals surface area contributed by atoms with Crippen molar-refractivity contribution < 1.29 is 9.15 Å². The number of benzene rings is 1. The predicted molar refractivity (Wildman–Crippen MR) is 74.8 cm³/mol. The molecule has 6 heteroatoms. The van der Waals surface area contributed by atoms with Gasteiger partial charge in [-0.15, -0.1) is 11.3 Å². The Bertz CT molecular complexity index is 743. The van der Waals surface area contributed by atoms with E-state index in [0.717, 1.165) is 6.42 Å². The van der Waals surface area contributed by atoms with E-state index < -0.39 is 5.76 Å². The number of nitrogens with one attached hydrogen (secondary N) is 1. The Morgan fingerprint density at radius 1 is 1.42 bits per heavy atom. The van der Waals surface area contributed by atoms with Crippen LogP contribution in [-0.4, -0.2) is 11.6 Å². The highest BCUT2D eigenvalue weighted by atomic mass is 32.1. The highest BCUT2D eigenvalue weighted by molar-refractivity contribution is 7.09. The SMILES string of the molecule is Nc1cc2oc(=O)[nH]c2cc1OCCc1cccs1. The van der Waals surface area contributed by atoms with Crippen LogP contribution < -0.4 is 16.2 Å². The molecule has 3 rings (SSSR count). The number of hydrogen-bond acceptors (Lipinski definition) is 5. The summed E-state index contributed by atoms with van der Waals surface area (Å²) in [5.74, 6) is 0.0613. The van der Waals surface area contributed by atoms with Crippen molar-refractivity contribution in [3.63, 3.8) is 0 Å². The van der Waals surface area contributed by atoms with Crippen LogP contribution in [0.5, 0.6) is 5.75 Å². The van der Waals surface area contributed by atoms with Gasteiger partial charge in [-0.05, 0) is 11.4 Å². The minimum Gasteiger partial charge on any atom is -0.491 e. The molecule has 0 aliphatic carbocycles. The fourth-order valence-electron chi connectivity index (χ4n) is 1.83. The Labute approximate surface area is 112 Å². The van der Waals surface area contributed by atoms with Crippen LogP contribution >= 0.6 is 11.3 Å². The standard InChI is InChI=1S/C13H12N2O3S/c14-9-6-12-10(15-13(16)18-12)7-11(9)17-4-3-8-2-1-5-19-8/h1-2,5-7H,3-4,14H2,(H,15,16). The summed E-state index contributed by atoms with van der Waals surface area (Å²) < 4.78 is 10.6. The van der Waals surface area contributed by atoms with E-state index in [1.807, 2.05) is 11.4 Å². The Hall–Kier alpha value is -2.21. The lowest BCUT2D eigenvalue weighted by Gasteiger charge is -2.07. The second kappa shape index (κ2) is 4.81. The van der Waals surface area contributed by atoms with E-state index in [-0.39, 0.29) is 0 Å². The summed E-state index contributed by atoms with van der Waals surface area (Å²) in [5, 5.41) is 2.03. The lowest BCUT2D eigenvalue weighted by atomic mass is 10.2. The van der Waals surface area contributed by atoms with Crippen molar-refractivity contribution in [2.24, 2.45) is 0 Å². The molecule has 0 fully saturated rings. The number of rotatable bonds is 4. The van der Waals surface area contributed by atoms with Crippen LogP contribution in [0.3, 0.4) is 0 Å². The van der Waals surface area contributed by atoms with Crippen LogP contribution in [0.4, 0.5) is 5.69 Å². The molecule has 0 saturated heterocycles. The Morgan fingerprint density at radius 2 is 2.32 bits per heavy atom. The highest BCUT2D eigenvalue weighted by Gasteiger charge is 2.07. The van der Waals surface area contributed by atoms with Crippen molar-refractivity contribution in [2.45, 2.75) is 6.42 Å². The van der Waals surface area contributed by atoms with Gasteiger partial charge in [-0.2, -0.15) is 0 Å². The van der Waals surface area contributed by atoms with Gasteiger partial charge >= 0.3 is 5.76 Å². The minimum atomic E-state index is -0.495. The molecule has 0 saturated carbocycles. The molecule has 19 heavy (non-hydrogen) atoms. The molecule has 2 heterocycles. The van der Waals surface area contributed by atoms with Gasteiger partial charge in [0.1, 0.15) is 5.75 Å². The number of ether oxygens (including phenoxy) is 1. The van der Waals surface area contributed by atoms with Crippen LogP contribution in [0, 0.1) is 0 Å². The fraction of sp³-hybridized carbons (Fsp3) is 0.154. The summed E-state index contributed by atoms with van der Waals surface area (Å²) in [7, 11) is 0. The molecule has 1 aromatic carbocycles. The number of fused-ring (bicyclic) bond motifs is 1. The molecule has 2 aromatic heterocycles. The van der Waals surface area contributed by atoms with Crippen molar-refractivity contribution in [1.29, 1.82) is 0 Å². The zero-order valence-electron chi connectivity index (χ0n) is 10.0. The zero-order chi connectivity index (χ0) is 13.2. The smallest absolute Gasteiger partial charge is 0.417 e. The van der Waals surface area contributed by atoms with Gasteiger partial charge in [0.2, 0.25) is 0 Å². The molecule has 0 amide bonds. The summed E-state index contributed by atoms with van der Waals surface area (Å²) in [4.78, 5) is 14.9. The van der Waals surface area contributed by atoms with Gasteiger partial charge in [0.25, 0.3) is 0 Å². The van der Waals surface area contributed by atoms with E-state index >= 15 is 0 Å². The van der Waals surface area contributed by atoms with Crippen molar-refractivity contribution >= 4 is 28.1 Å². The topological polar surface area (TPSA) is 81.2 Å². The molecule has 0 spiro atoms. The normalized spacial score (nSPS) is 10.9. The minimum absolute atomic E-state index is 0.438. The first-order valence-corrected chi connectivity index (χ1v) is 6.68. The first-order chi connectivity index (χ1) is 9.22. The number of aromatic nitrogens is 1.